The highest BCUT2D eigenvalue weighted by Gasteiger charge is 2.10. The van der Waals surface area contributed by atoms with Gasteiger partial charge in [0.1, 0.15) is 0 Å². The van der Waals surface area contributed by atoms with Crippen molar-refractivity contribution in [2.75, 3.05) is 20.3 Å². The van der Waals surface area contributed by atoms with Gasteiger partial charge in [0.2, 0.25) is 0 Å². The van der Waals surface area contributed by atoms with Crippen molar-refractivity contribution in [1.82, 2.24) is 0 Å². The fourth-order valence-corrected chi connectivity index (χ4v) is 1.52. The van der Waals surface area contributed by atoms with Gasteiger partial charge in [0.25, 0.3) is 0 Å². The maximum absolute atomic E-state index is 9.19. The Kier molecular flexibility index (Phi) is 15.0. The summed E-state index contributed by atoms with van der Waals surface area (Å²) >= 11 is 4.65. The molecule has 0 saturated carbocycles. The van der Waals surface area contributed by atoms with Gasteiger partial charge in [-0.05, 0) is 31.2 Å². The van der Waals surface area contributed by atoms with E-state index in [1.165, 1.54) is 7.11 Å². The van der Waals surface area contributed by atoms with Crippen LogP contribution in [0.2, 0.25) is 0 Å². The van der Waals surface area contributed by atoms with Crippen LogP contribution >= 0.6 is 6.72 Å². The van der Waals surface area contributed by atoms with Gasteiger partial charge in [-0.25, -0.2) is 0 Å². The Morgan fingerprint density at radius 1 is 1.27 bits per heavy atom. The van der Waals surface area contributed by atoms with Crippen LogP contribution in [0.1, 0.15) is 41.0 Å². The molecule has 0 aliphatic carbocycles. The van der Waals surface area contributed by atoms with Gasteiger partial charge in [0, 0.05) is 8.54 Å². The lowest BCUT2D eigenvalue weighted by atomic mass is 10.2. The van der Waals surface area contributed by atoms with Crippen molar-refractivity contribution in [2.24, 2.45) is 5.73 Å². The lowest BCUT2D eigenvalue weighted by molar-refractivity contribution is 0.221. The van der Waals surface area contributed by atoms with Crippen LogP contribution in [0, 0.1) is 0 Å². The summed E-state index contributed by atoms with van der Waals surface area (Å²) in [6.07, 6.45) is 4.08. The zero-order chi connectivity index (χ0) is 12.2. The Bertz CT molecular complexity index is 175. The first-order valence-electron chi connectivity index (χ1n) is 5.35. The number of rotatable bonds is 8. The average molecular weight is 259 g/mol. The van der Waals surface area contributed by atoms with Crippen molar-refractivity contribution in [2.45, 2.75) is 39.5 Å². The van der Waals surface area contributed by atoms with Crippen molar-refractivity contribution >= 4 is 18.5 Å². The van der Waals surface area contributed by atoms with E-state index in [1.54, 1.807) is 0 Å². The molecule has 0 spiro atoms. The summed E-state index contributed by atoms with van der Waals surface area (Å²) < 4.78 is 9.59. The predicted octanol–water partition coefficient (Wildman–Crippen LogP) is 2.66. The van der Waals surface area contributed by atoms with Crippen LogP contribution in [0.4, 0.5) is 0 Å². The molecule has 0 fully saturated rings. The monoisotopic (exact) mass is 259 g/mol. The van der Waals surface area contributed by atoms with Gasteiger partial charge in [-0.2, -0.15) is 0 Å². The largest absolute Gasteiger partial charge is 0.330 e. The quantitative estimate of drug-likeness (QED) is 0.518. The zero-order valence-electron chi connectivity index (χ0n) is 9.94. The third kappa shape index (κ3) is 14.5. The molecule has 3 N–H and O–H groups in total. The Morgan fingerprint density at radius 3 is 2.27 bits per heavy atom. The Balaban J connectivity index is -0.000000529. The first kappa shape index (κ1) is 17.9. The molecule has 0 aliphatic rings. The van der Waals surface area contributed by atoms with E-state index >= 15 is 0 Å². The second-order valence-electron chi connectivity index (χ2n) is 2.69. The molecule has 0 aromatic carbocycles. The fraction of sp³-hybridized carbons (Fsp3) is 1.00. The summed E-state index contributed by atoms with van der Waals surface area (Å²) in [5.41, 5.74) is 5.33. The summed E-state index contributed by atoms with van der Waals surface area (Å²) in [7, 11) is 1.36. The molecule has 0 amide bonds. The lowest BCUT2D eigenvalue weighted by Crippen LogP contribution is -1.99. The van der Waals surface area contributed by atoms with Crippen LogP contribution in [0.25, 0.3) is 0 Å². The molecule has 0 aromatic heterocycles. The number of hydrogen-bond donors (Lipinski definition) is 2. The van der Waals surface area contributed by atoms with Crippen molar-refractivity contribution < 1.29 is 15.4 Å². The highest BCUT2D eigenvalue weighted by atomic mass is 32.5. The van der Waals surface area contributed by atoms with Crippen molar-refractivity contribution in [3.05, 3.63) is 0 Å². The summed E-state index contributed by atoms with van der Waals surface area (Å²) in [6.45, 7) is 2.28. The SMILES string of the molecule is CC.COP(O)(=S)OCCCCCCN.[HH]. The standard InChI is InChI=1S/C7H18NO3PS.C2H6.H2/c1-10-12(9,13)11-7-5-3-2-4-6-8;1-2;/h2-8H2,1H3,(H,9,13);1-2H3;1H. The van der Waals surface area contributed by atoms with E-state index in [9.17, 15) is 4.89 Å². The van der Waals surface area contributed by atoms with Gasteiger partial charge in [-0.15, -0.1) is 0 Å². The maximum Gasteiger partial charge on any atom is 0.324 e. The smallest absolute Gasteiger partial charge is 0.324 e. The molecule has 0 bridgehead atoms. The molecule has 4 nitrogen and oxygen atoms in total. The lowest BCUT2D eigenvalue weighted by Gasteiger charge is -2.12. The van der Waals surface area contributed by atoms with E-state index in [1.807, 2.05) is 13.8 Å². The van der Waals surface area contributed by atoms with Gasteiger partial charge < -0.3 is 19.7 Å². The normalized spacial score (nSPS) is 13.9. The third-order valence-electron chi connectivity index (χ3n) is 1.58. The van der Waals surface area contributed by atoms with Gasteiger partial charge in [0.05, 0.1) is 6.61 Å². The molecule has 0 aliphatic heterocycles. The Morgan fingerprint density at radius 2 is 1.80 bits per heavy atom. The second kappa shape index (κ2) is 12.6. The number of nitrogens with two attached hydrogens (primary N) is 1. The molecule has 0 radical (unpaired) electrons. The van der Waals surface area contributed by atoms with E-state index in [4.69, 9.17) is 10.3 Å². The Labute approximate surface area is 99.9 Å². The van der Waals surface area contributed by atoms with Crippen molar-refractivity contribution in [1.29, 1.82) is 0 Å². The van der Waals surface area contributed by atoms with Gasteiger partial charge in [0.15, 0.2) is 0 Å². The number of unbranched alkanes of at least 4 members (excludes halogenated alkanes) is 3. The molecule has 0 rings (SSSR count). The molecule has 0 heterocycles. The molecule has 6 heteroatoms. The average Bonchev–Trinajstić information content (AvgIpc) is 2.26. The molecular formula is C9H26NO3PS. The summed E-state index contributed by atoms with van der Waals surface area (Å²) in [5.74, 6) is 0. The number of hydrogen-bond acceptors (Lipinski definition) is 4. The molecule has 0 aromatic rings. The third-order valence-corrected chi connectivity index (χ3v) is 3.32. The van der Waals surface area contributed by atoms with Crippen LogP contribution in [0.15, 0.2) is 0 Å². The topological polar surface area (TPSA) is 64.7 Å². The molecule has 1 unspecified atom stereocenters. The fourth-order valence-electron chi connectivity index (χ4n) is 0.833. The second-order valence-corrected chi connectivity index (χ2v) is 5.63. The Hall–Kier alpha value is 0.490. The van der Waals surface area contributed by atoms with Crippen LogP contribution in [-0.2, 0) is 20.9 Å². The predicted molar refractivity (Wildman–Crippen MR) is 70.4 cm³/mol. The van der Waals surface area contributed by atoms with Crippen molar-refractivity contribution in [3.63, 3.8) is 0 Å². The first-order chi connectivity index (χ1) is 7.12. The van der Waals surface area contributed by atoms with E-state index in [-0.39, 0.29) is 1.43 Å². The molecule has 15 heavy (non-hydrogen) atoms. The minimum absolute atomic E-state index is 0. The van der Waals surface area contributed by atoms with Crippen LogP contribution in [-0.4, -0.2) is 25.2 Å². The van der Waals surface area contributed by atoms with Crippen molar-refractivity contribution in [3.8, 4) is 0 Å². The van der Waals surface area contributed by atoms with Crippen LogP contribution in [0.3, 0.4) is 0 Å². The molecule has 1 atom stereocenters. The molecular weight excluding hydrogens is 233 g/mol. The zero-order valence-corrected chi connectivity index (χ0v) is 11.7. The van der Waals surface area contributed by atoms with Crippen LogP contribution in [0.5, 0.6) is 0 Å². The minimum atomic E-state index is -2.92. The van der Waals surface area contributed by atoms with E-state index in [2.05, 4.69) is 16.3 Å². The highest BCUT2D eigenvalue weighted by Crippen LogP contribution is 2.42. The van der Waals surface area contributed by atoms with E-state index in [0.717, 1.165) is 32.2 Å². The van der Waals surface area contributed by atoms with E-state index < -0.39 is 6.72 Å². The molecule has 96 valence electrons. The molecule has 0 saturated heterocycles. The highest BCUT2D eigenvalue weighted by molar-refractivity contribution is 8.07. The summed E-state index contributed by atoms with van der Waals surface area (Å²) in [6, 6.07) is 0. The first-order valence-corrected chi connectivity index (χ1v) is 7.94. The van der Waals surface area contributed by atoms with Gasteiger partial charge in [-0.1, -0.05) is 26.7 Å². The summed E-state index contributed by atoms with van der Waals surface area (Å²) in [5, 5.41) is 0. The summed E-state index contributed by atoms with van der Waals surface area (Å²) in [4.78, 5) is 9.19. The van der Waals surface area contributed by atoms with Crippen LogP contribution < -0.4 is 5.73 Å². The minimum Gasteiger partial charge on any atom is -0.330 e. The van der Waals surface area contributed by atoms with Gasteiger partial charge in [-0.3, -0.25) is 0 Å². The maximum atomic E-state index is 9.19. The van der Waals surface area contributed by atoms with Gasteiger partial charge >= 0.3 is 6.72 Å². The van der Waals surface area contributed by atoms with E-state index in [0.29, 0.717) is 6.61 Å².